The van der Waals surface area contributed by atoms with Crippen molar-refractivity contribution in [1.82, 2.24) is 0 Å². The summed E-state index contributed by atoms with van der Waals surface area (Å²) in [5.74, 6) is 0. The minimum absolute atomic E-state index is 0.794. The minimum atomic E-state index is 0.794. The number of rotatable bonds is 2. The van der Waals surface area contributed by atoms with E-state index in [0.29, 0.717) is 0 Å². The van der Waals surface area contributed by atoms with Gasteiger partial charge in [-0.05, 0) is 35.6 Å². The molecule has 0 bridgehead atoms. The molecule has 0 amide bonds. The largest absolute Gasteiger partial charge is 0.0942 e. The topological polar surface area (TPSA) is 0 Å². The van der Waals surface area contributed by atoms with Crippen molar-refractivity contribution in [3.8, 4) is 0 Å². The van der Waals surface area contributed by atoms with Gasteiger partial charge in [-0.2, -0.15) is 0 Å². The van der Waals surface area contributed by atoms with Crippen molar-refractivity contribution in [2.45, 2.75) is 11.3 Å². The molecule has 0 aliphatic heterocycles. The van der Waals surface area contributed by atoms with Crippen molar-refractivity contribution >= 4 is 23.4 Å². The molecule has 0 atom stereocenters. The molecular formula is C11H9ClS. The second-order valence-electron chi connectivity index (χ2n) is 2.82. The first kappa shape index (κ1) is 8.92. The van der Waals surface area contributed by atoms with Crippen molar-refractivity contribution in [3.05, 3.63) is 52.4 Å². The lowest BCUT2D eigenvalue weighted by Gasteiger charge is -2.01. The normalized spacial score (nSPS) is 14.7. The van der Waals surface area contributed by atoms with Gasteiger partial charge < -0.3 is 0 Å². The van der Waals surface area contributed by atoms with Gasteiger partial charge in [-0.3, -0.25) is 0 Å². The summed E-state index contributed by atoms with van der Waals surface area (Å²) in [5.41, 5.74) is 0. The smallest absolute Gasteiger partial charge is 0.0406 e. The standard InChI is InChI=1S/C11H9ClS/c12-9-5-7-11(8-6-9)13-10-3-1-2-4-10/h1-3,5-8H,4H2. The molecule has 0 spiro atoms. The van der Waals surface area contributed by atoms with Crippen LogP contribution in [0, 0.1) is 0 Å². The number of thioether (sulfide) groups is 1. The van der Waals surface area contributed by atoms with Gasteiger partial charge in [-0.1, -0.05) is 41.6 Å². The average Bonchev–Trinajstić information content (AvgIpc) is 2.62. The van der Waals surface area contributed by atoms with Crippen molar-refractivity contribution in [3.63, 3.8) is 0 Å². The highest BCUT2D eigenvalue weighted by Gasteiger charge is 2.01. The molecule has 0 unspecified atom stereocenters. The van der Waals surface area contributed by atoms with Crippen LogP contribution in [0.25, 0.3) is 0 Å². The lowest BCUT2D eigenvalue weighted by atomic mass is 10.4. The van der Waals surface area contributed by atoms with E-state index in [-0.39, 0.29) is 0 Å². The Morgan fingerprint density at radius 3 is 2.54 bits per heavy atom. The van der Waals surface area contributed by atoms with Crippen LogP contribution < -0.4 is 0 Å². The van der Waals surface area contributed by atoms with Crippen LogP contribution in [0.3, 0.4) is 0 Å². The molecule has 0 fully saturated rings. The average molecular weight is 209 g/mol. The number of allylic oxidation sites excluding steroid dienone is 4. The monoisotopic (exact) mass is 208 g/mol. The highest BCUT2D eigenvalue weighted by Crippen LogP contribution is 2.31. The van der Waals surface area contributed by atoms with E-state index in [4.69, 9.17) is 11.6 Å². The summed E-state index contributed by atoms with van der Waals surface area (Å²) in [6.45, 7) is 0. The lowest BCUT2D eigenvalue weighted by Crippen LogP contribution is -1.72. The zero-order valence-corrected chi connectivity index (χ0v) is 8.61. The fourth-order valence-corrected chi connectivity index (χ4v) is 2.18. The number of hydrogen-bond donors (Lipinski definition) is 0. The molecule has 66 valence electrons. The van der Waals surface area contributed by atoms with Crippen molar-refractivity contribution < 1.29 is 0 Å². The molecule has 0 saturated heterocycles. The summed E-state index contributed by atoms with van der Waals surface area (Å²) < 4.78 is 0. The number of benzene rings is 1. The predicted molar refractivity (Wildman–Crippen MR) is 59.1 cm³/mol. The molecule has 0 N–H and O–H groups in total. The van der Waals surface area contributed by atoms with Crippen LogP contribution in [0.5, 0.6) is 0 Å². The Balaban J connectivity index is 2.06. The van der Waals surface area contributed by atoms with E-state index in [1.807, 2.05) is 24.3 Å². The SMILES string of the molecule is Clc1ccc(SC2=CC=CC2)cc1. The fourth-order valence-electron chi connectivity index (χ4n) is 1.16. The maximum absolute atomic E-state index is 5.79. The van der Waals surface area contributed by atoms with E-state index in [1.54, 1.807) is 11.8 Å². The van der Waals surface area contributed by atoms with E-state index in [9.17, 15) is 0 Å². The molecule has 0 nitrogen and oxygen atoms in total. The molecule has 1 aliphatic rings. The van der Waals surface area contributed by atoms with Crippen LogP contribution in [-0.2, 0) is 0 Å². The summed E-state index contributed by atoms with van der Waals surface area (Å²) in [5, 5.41) is 0.794. The first-order valence-corrected chi connectivity index (χ1v) is 5.33. The summed E-state index contributed by atoms with van der Waals surface area (Å²) in [6.07, 6.45) is 7.48. The highest BCUT2D eigenvalue weighted by atomic mass is 35.5. The second-order valence-corrected chi connectivity index (χ2v) is 4.46. The number of halogens is 1. The molecule has 2 heteroatoms. The number of hydrogen-bond acceptors (Lipinski definition) is 1. The Kier molecular flexibility index (Phi) is 2.77. The van der Waals surface area contributed by atoms with E-state index in [2.05, 4.69) is 18.2 Å². The summed E-state index contributed by atoms with van der Waals surface area (Å²) in [6, 6.07) is 7.94. The molecule has 1 aromatic rings. The zero-order chi connectivity index (χ0) is 9.10. The first-order chi connectivity index (χ1) is 6.34. The van der Waals surface area contributed by atoms with Gasteiger partial charge in [0.05, 0.1) is 0 Å². The molecule has 0 radical (unpaired) electrons. The molecule has 0 aromatic heterocycles. The molecule has 0 saturated carbocycles. The van der Waals surface area contributed by atoms with Crippen molar-refractivity contribution in [1.29, 1.82) is 0 Å². The summed E-state index contributed by atoms with van der Waals surface area (Å²) in [4.78, 5) is 2.64. The third kappa shape index (κ3) is 2.39. The van der Waals surface area contributed by atoms with Crippen molar-refractivity contribution in [2.75, 3.05) is 0 Å². The van der Waals surface area contributed by atoms with Gasteiger partial charge >= 0.3 is 0 Å². The molecule has 0 heterocycles. The maximum Gasteiger partial charge on any atom is 0.0406 e. The van der Waals surface area contributed by atoms with E-state index < -0.39 is 0 Å². The van der Waals surface area contributed by atoms with Crippen LogP contribution in [0.15, 0.2) is 52.3 Å². The van der Waals surface area contributed by atoms with Gasteiger partial charge in [0.1, 0.15) is 0 Å². The molecule has 2 rings (SSSR count). The molecule has 1 aliphatic carbocycles. The van der Waals surface area contributed by atoms with Gasteiger partial charge in [-0.15, -0.1) is 0 Å². The quantitative estimate of drug-likeness (QED) is 0.699. The maximum atomic E-state index is 5.79. The Hall–Kier alpha value is -0.660. The minimum Gasteiger partial charge on any atom is -0.0942 e. The zero-order valence-electron chi connectivity index (χ0n) is 7.03. The van der Waals surface area contributed by atoms with E-state index in [0.717, 1.165) is 11.4 Å². The van der Waals surface area contributed by atoms with E-state index >= 15 is 0 Å². The third-order valence-electron chi connectivity index (χ3n) is 1.80. The Morgan fingerprint density at radius 2 is 1.92 bits per heavy atom. The van der Waals surface area contributed by atoms with Crippen LogP contribution in [-0.4, -0.2) is 0 Å². The predicted octanol–water partition coefficient (Wildman–Crippen LogP) is 4.28. The Morgan fingerprint density at radius 1 is 1.15 bits per heavy atom. The van der Waals surface area contributed by atoms with Gasteiger partial charge in [0.25, 0.3) is 0 Å². The molecule has 13 heavy (non-hydrogen) atoms. The van der Waals surface area contributed by atoms with Crippen LogP contribution in [0.1, 0.15) is 6.42 Å². The van der Waals surface area contributed by atoms with Gasteiger partial charge in [0.15, 0.2) is 0 Å². The van der Waals surface area contributed by atoms with Crippen LogP contribution in [0.2, 0.25) is 5.02 Å². The van der Waals surface area contributed by atoms with Crippen LogP contribution >= 0.6 is 23.4 Å². The summed E-state index contributed by atoms with van der Waals surface area (Å²) >= 11 is 7.59. The van der Waals surface area contributed by atoms with Crippen molar-refractivity contribution in [2.24, 2.45) is 0 Å². The molecule has 1 aromatic carbocycles. The second kappa shape index (κ2) is 4.03. The Labute approximate surface area is 87.3 Å². The Bertz CT molecular complexity index is 349. The van der Waals surface area contributed by atoms with Gasteiger partial charge in [-0.25, -0.2) is 0 Å². The van der Waals surface area contributed by atoms with Crippen LogP contribution in [0.4, 0.5) is 0 Å². The lowest BCUT2D eigenvalue weighted by molar-refractivity contribution is 1.39. The van der Waals surface area contributed by atoms with Gasteiger partial charge in [0.2, 0.25) is 0 Å². The summed E-state index contributed by atoms with van der Waals surface area (Å²) in [7, 11) is 0. The third-order valence-corrected chi connectivity index (χ3v) is 3.12. The molecular weight excluding hydrogens is 200 g/mol. The highest BCUT2D eigenvalue weighted by molar-refractivity contribution is 8.03. The fraction of sp³-hybridized carbons (Fsp3) is 0.0909. The van der Waals surface area contributed by atoms with Gasteiger partial charge in [0, 0.05) is 9.92 Å². The van der Waals surface area contributed by atoms with E-state index in [1.165, 1.54) is 9.80 Å². The first-order valence-electron chi connectivity index (χ1n) is 4.14.